The molecule has 1 fully saturated rings. The van der Waals surface area contributed by atoms with Crippen LogP contribution in [0.4, 0.5) is 4.39 Å². The maximum Gasteiger partial charge on any atom is 0.240 e. The van der Waals surface area contributed by atoms with Crippen LogP contribution in [0.5, 0.6) is 0 Å². The first-order chi connectivity index (χ1) is 11.5. The van der Waals surface area contributed by atoms with E-state index >= 15 is 0 Å². The van der Waals surface area contributed by atoms with Crippen molar-refractivity contribution in [3.05, 3.63) is 66.0 Å². The van der Waals surface area contributed by atoms with Crippen molar-refractivity contribution in [2.24, 2.45) is 0 Å². The largest absolute Gasteiger partial charge is 0.297 e. The monoisotopic (exact) mass is 348 g/mol. The van der Waals surface area contributed by atoms with E-state index < -0.39 is 10.0 Å². The van der Waals surface area contributed by atoms with Gasteiger partial charge in [-0.2, -0.15) is 0 Å². The number of nitrogens with zero attached hydrogens (tertiary/aromatic N) is 1. The van der Waals surface area contributed by atoms with Crippen LogP contribution in [-0.2, 0) is 16.6 Å². The second-order valence-corrected chi connectivity index (χ2v) is 7.81. The molecule has 2 aromatic carbocycles. The van der Waals surface area contributed by atoms with Gasteiger partial charge in [-0.05, 0) is 37.6 Å². The van der Waals surface area contributed by atoms with Gasteiger partial charge >= 0.3 is 0 Å². The summed E-state index contributed by atoms with van der Waals surface area (Å²) >= 11 is 0. The van der Waals surface area contributed by atoms with E-state index in [1.165, 1.54) is 6.07 Å². The molecule has 1 N–H and O–H groups in total. The summed E-state index contributed by atoms with van der Waals surface area (Å²) in [6.07, 6.45) is 1.68. The maximum absolute atomic E-state index is 13.8. The Morgan fingerprint density at radius 2 is 1.79 bits per heavy atom. The number of likely N-dealkylation sites (tertiary alicyclic amines) is 1. The van der Waals surface area contributed by atoms with E-state index in [0.717, 1.165) is 19.4 Å². The van der Waals surface area contributed by atoms with Crippen LogP contribution >= 0.6 is 0 Å². The Labute approximate surface area is 142 Å². The van der Waals surface area contributed by atoms with Gasteiger partial charge in [0.2, 0.25) is 10.0 Å². The van der Waals surface area contributed by atoms with Crippen molar-refractivity contribution in [3.8, 4) is 0 Å². The topological polar surface area (TPSA) is 49.4 Å². The van der Waals surface area contributed by atoms with Crippen LogP contribution in [0.15, 0.2) is 59.5 Å². The zero-order chi connectivity index (χ0) is 17.0. The molecule has 0 spiro atoms. The molecule has 0 unspecified atom stereocenters. The lowest BCUT2D eigenvalue weighted by Gasteiger charge is -2.33. The van der Waals surface area contributed by atoms with E-state index in [9.17, 15) is 12.8 Å². The van der Waals surface area contributed by atoms with Gasteiger partial charge in [-0.15, -0.1) is 0 Å². The molecule has 0 amide bonds. The summed E-state index contributed by atoms with van der Waals surface area (Å²) in [7, 11) is -3.52. The Morgan fingerprint density at radius 3 is 2.54 bits per heavy atom. The number of benzene rings is 2. The molecule has 1 atom stereocenters. The van der Waals surface area contributed by atoms with E-state index in [1.807, 2.05) is 6.07 Å². The molecule has 24 heavy (non-hydrogen) atoms. The van der Waals surface area contributed by atoms with Gasteiger partial charge in [0.25, 0.3) is 0 Å². The van der Waals surface area contributed by atoms with Gasteiger partial charge < -0.3 is 0 Å². The summed E-state index contributed by atoms with van der Waals surface area (Å²) in [4.78, 5) is 2.37. The number of hydrogen-bond donors (Lipinski definition) is 1. The molecule has 128 valence electrons. The fourth-order valence-electron chi connectivity index (χ4n) is 3.05. The van der Waals surface area contributed by atoms with E-state index in [1.54, 1.807) is 42.5 Å². The number of sulfonamides is 1. The van der Waals surface area contributed by atoms with Gasteiger partial charge in [0.05, 0.1) is 4.90 Å². The highest BCUT2D eigenvalue weighted by atomic mass is 32.2. The SMILES string of the molecule is O=S(=O)(N[C@H]1CCCN(Cc2ccccc2F)C1)c1ccccc1. The molecule has 1 aliphatic heterocycles. The van der Waals surface area contributed by atoms with E-state index in [4.69, 9.17) is 0 Å². The normalized spacial score (nSPS) is 19.3. The summed E-state index contributed by atoms with van der Waals surface area (Å²) in [6.45, 7) is 1.93. The summed E-state index contributed by atoms with van der Waals surface area (Å²) in [6, 6.07) is 14.9. The van der Waals surface area contributed by atoms with Gasteiger partial charge in [-0.25, -0.2) is 17.5 Å². The summed E-state index contributed by atoms with van der Waals surface area (Å²) in [5.41, 5.74) is 0.643. The van der Waals surface area contributed by atoms with Crippen molar-refractivity contribution in [2.75, 3.05) is 13.1 Å². The summed E-state index contributed by atoms with van der Waals surface area (Å²) in [5.74, 6) is -0.218. The zero-order valence-corrected chi connectivity index (χ0v) is 14.2. The lowest BCUT2D eigenvalue weighted by molar-refractivity contribution is 0.192. The predicted octanol–water partition coefficient (Wildman–Crippen LogP) is 2.77. The average Bonchev–Trinajstić information content (AvgIpc) is 2.58. The van der Waals surface area contributed by atoms with Crippen molar-refractivity contribution in [3.63, 3.8) is 0 Å². The Hall–Kier alpha value is -1.76. The van der Waals surface area contributed by atoms with Gasteiger partial charge in [-0.1, -0.05) is 36.4 Å². The quantitative estimate of drug-likeness (QED) is 0.904. The van der Waals surface area contributed by atoms with Crippen LogP contribution in [0.3, 0.4) is 0 Å². The molecule has 0 aliphatic carbocycles. The first-order valence-electron chi connectivity index (χ1n) is 8.08. The third kappa shape index (κ3) is 4.20. The molecule has 1 heterocycles. The van der Waals surface area contributed by atoms with E-state index in [-0.39, 0.29) is 16.8 Å². The second-order valence-electron chi connectivity index (χ2n) is 6.10. The molecule has 3 rings (SSSR count). The number of halogens is 1. The predicted molar refractivity (Wildman–Crippen MR) is 91.5 cm³/mol. The Bertz CT molecular complexity index is 781. The molecule has 2 aromatic rings. The third-order valence-electron chi connectivity index (χ3n) is 4.23. The molecule has 0 radical (unpaired) electrons. The molecule has 4 nitrogen and oxygen atoms in total. The summed E-state index contributed by atoms with van der Waals surface area (Å²) in [5, 5.41) is 0. The fraction of sp³-hybridized carbons (Fsp3) is 0.333. The number of piperidine rings is 1. The van der Waals surface area contributed by atoms with E-state index in [0.29, 0.717) is 18.7 Å². The van der Waals surface area contributed by atoms with Crippen LogP contribution in [0, 0.1) is 5.82 Å². The van der Waals surface area contributed by atoms with Gasteiger partial charge in [0.1, 0.15) is 5.82 Å². The molecule has 0 aromatic heterocycles. The van der Waals surface area contributed by atoms with Crippen molar-refractivity contribution < 1.29 is 12.8 Å². The van der Waals surface area contributed by atoms with Crippen molar-refractivity contribution in [1.82, 2.24) is 9.62 Å². The number of hydrogen-bond acceptors (Lipinski definition) is 3. The van der Waals surface area contributed by atoms with Crippen LogP contribution < -0.4 is 4.72 Å². The minimum Gasteiger partial charge on any atom is -0.297 e. The van der Waals surface area contributed by atoms with Crippen molar-refractivity contribution in [2.45, 2.75) is 30.3 Å². The Balaban J connectivity index is 1.65. The van der Waals surface area contributed by atoms with Crippen LogP contribution in [0.25, 0.3) is 0 Å². The minimum atomic E-state index is -3.52. The Morgan fingerprint density at radius 1 is 1.08 bits per heavy atom. The van der Waals surface area contributed by atoms with Gasteiger partial charge in [-0.3, -0.25) is 4.90 Å². The van der Waals surface area contributed by atoms with Crippen LogP contribution in [0.1, 0.15) is 18.4 Å². The molecule has 6 heteroatoms. The van der Waals surface area contributed by atoms with Gasteiger partial charge in [0, 0.05) is 24.7 Å². The van der Waals surface area contributed by atoms with Crippen molar-refractivity contribution >= 4 is 10.0 Å². The van der Waals surface area contributed by atoms with E-state index in [2.05, 4.69) is 9.62 Å². The smallest absolute Gasteiger partial charge is 0.240 e. The highest BCUT2D eigenvalue weighted by Crippen LogP contribution is 2.17. The zero-order valence-electron chi connectivity index (χ0n) is 13.4. The van der Waals surface area contributed by atoms with Crippen molar-refractivity contribution in [1.29, 1.82) is 0 Å². The first kappa shape index (κ1) is 17.1. The molecule has 1 saturated heterocycles. The lowest BCUT2D eigenvalue weighted by atomic mass is 10.1. The maximum atomic E-state index is 13.8. The molecular weight excluding hydrogens is 327 g/mol. The van der Waals surface area contributed by atoms with Crippen LogP contribution in [-0.4, -0.2) is 32.4 Å². The second kappa shape index (κ2) is 7.42. The Kier molecular flexibility index (Phi) is 5.28. The minimum absolute atomic E-state index is 0.157. The molecular formula is C18H21FN2O2S. The third-order valence-corrected chi connectivity index (χ3v) is 5.77. The average molecular weight is 348 g/mol. The molecule has 0 bridgehead atoms. The number of nitrogens with one attached hydrogen (secondary N) is 1. The van der Waals surface area contributed by atoms with Crippen LogP contribution in [0.2, 0.25) is 0 Å². The first-order valence-corrected chi connectivity index (χ1v) is 9.56. The lowest BCUT2D eigenvalue weighted by Crippen LogP contribution is -2.47. The molecule has 1 aliphatic rings. The fourth-order valence-corrected chi connectivity index (χ4v) is 4.33. The molecule has 0 saturated carbocycles. The van der Waals surface area contributed by atoms with Gasteiger partial charge in [0.15, 0.2) is 0 Å². The highest BCUT2D eigenvalue weighted by molar-refractivity contribution is 7.89. The highest BCUT2D eigenvalue weighted by Gasteiger charge is 2.25. The summed E-state index contributed by atoms with van der Waals surface area (Å²) < 4.78 is 41.4. The number of rotatable bonds is 5. The standard InChI is InChI=1S/C18H21FN2O2S/c19-18-11-5-4-7-15(18)13-21-12-6-8-16(14-21)20-24(22,23)17-9-2-1-3-10-17/h1-5,7,9-11,16,20H,6,8,12-14H2/t16-/m0/s1.